The first-order valence-electron chi connectivity index (χ1n) is 8.78. The zero-order valence-corrected chi connectivity index (χ0v) is 16.2. The molecule has 0 radical (unpaired) electrons. The Labute approximate surface area is 169 Å². The minimum Gasteiger partial charge on any atom is -0.508 e. The van der Waals surface area contributed by atoms with Gasteiger partial charge < -0.3 is 25.0 Å². The summed E-state index contributed by atoms with van der Waals surface area (Å²) in [7, 11) is 3.11. The van der Waals surface area contributed by atoms with Crippen molar-refractivity contribution in [1.29, 1.82) is 5.26 Å². The van der Waals surface area contributed by atoms with Gasteiger partial charge in [-0.1, -0.05) is 24.3 Å². The number of nitrogens with one attached hydrogen (secondary N) is 1. The van der Waals surface area contributed by atoms with Crippen LogP contribution < -0.4 is 14.8 Å². The molecular formula is C22H22N2O5. The van der Waals surface area contributed by atoms with Crippen molar-refractivity contribution in [3.05, 3.63) is 65.3 Å². The number of allylic oxidation sites excluding steroid dienone is 2. The van der Waals surface area contributed by atoms with Crippen LogP contribution in [0.1, 0.15) is 11.1 Å². The first-order chi connectivity index (χ1) is 14.0. The molecule has 0 heterocycles. The number of hydrogen-bond donors (Lipinski definition) is 3. The molecule has 0 fully saturated rings. The van der Waals surface area contributed by atoms with E-state index in [1.165, 1.54) is 30.4 Å². The van der Waals surface area contributed by atoms with E-state index in [9.17, 15) is 20.3 Å². The van der Waals surface area contributed by atoms with E-state index >= 15 is 0 Å². The average molecular weight is 394 g/mol. The van der Waals surface area contributed by atoms with Gasteiger partial charge in [0.05, 0.1) is 14.2 Å². The van der Waals surface area contributed by atoms with Crippen LogP contribution in [0.15, 0.2) is 54.1 Å². The predicted octanol–water partition coefficient (Wildman–Crippen LogP) is 2.94. The number of ether oxygens (including phenoxy) is 2. The molecule has 0 spiro atoms. The zero-order valence-electron chi connectivity index (χ0n) is 16.2. The van der Waals surface area contributed by atoms with Crippen molar-refractivity contribution < 1.29 is 24.5 Å². The zero-order chi connectivity index (χ0) is 21.2. The van der Waals surface area contributed by atoms with E-state index in [4.69, 9.17) is 9.47 Å². The lowest BCUT2D eigenvalue weighted by atomic mass is 10.1. The number of carbonyl (C=O) groups excluding carboxylic acids is 1. The van der Waals surface area contributed by atoms with Crippen LogP contribution in [0, 0.1) is 11.3 Å². The summed E-state index contributed by atoms with van der Waals surface area (Å²) < 4.78 is 10.6. The summed E-state index contributed by atoms with van der Waals surface area (Å²) in [5, 5.41) is 30.8. The first kappa shape index (κ1) is 21.4. The Hall–Kier alpha value is -3.92. The van der Waals surface area contributed by atoms with Crippen molar-refractivity contribution >= 4 is 12.0 Å². The second-order valence-corrected chi connectivity index (χ2v) is 5.99. The summed E-state index contributed by atoms with van der Waals surface area (Å²) in [4.78, 5) is 12.2. The molecule has 0 aliphatic heterocycles. The number of para-hydroxylation sites is 1. The Morgan fingerprint density at radius 1 is 1.17 bits per heavy atom. The predicted molar refractivity (Wildman–Crippen MR) is 109 cm³/mol. The lowest BCUT2D eigenvalue weighted by molar-refractivity contribution is -0.117. The quantitative estimate of drug-likeness (QED) is 0.361. The molecule has 0 aliphatic carbocycles. The molecule has 7 heteroatoms. The summed E-state index contributed by atoms with van der Waals surface area (Å²) in [6.07, 6.45) is 4.92. The summed E-state index contributed by atoms with van der Waals surface area (Å²) in [5.74, 6) is 0.548. The van der Waals surface area contributed by atoms with E-state index in [1.807, 2.05) is 18.2 Å². The minimum absolute atomic E-state index is 0.0665. The largest absolute Gasteiger partial charge is 0.508 e. The fourth-order valence-electron chi connectivity index (χ4n) is 2.69. The molecule has 0 saturated carbocycles. The van der Waals surface area contributed by atoms with Crippen LogP contribution in [0.3, 0.4) is 0 Å². The number of nitrogens with zero attached hydrogens (tertiary/aromatic N) is 1. The Kier molecular flexibility index (Phi) is 7.68. The average Bonchev–Trinajstić information content (AvgIpc) is 2.70. The van der Waals surface area contributed by atoms with Crippen molar-refractivity contribution in [3.8, 4) is 29.1 Å². The van der Waals surface area contributed by atoms with Gasteiger partial charge in [0.25, 0.3) is 5.91 Å². The van der Waals surface area contributed by atoms with Crippen molar-refractivity contribution in [1.82, 2.24) is 5.32 Å². The lowest BCUT2D eigenvalue weighted by Crippen LogP contribution is -2.26. The Morgan fingerprint density at radius 3 is 2.52 bits per heavy atom. The number of carbonyl (C=O) groups is 1. The molecule has 0 atom stereocenters. The number of phenols is 2. The molecule has 0 aromatic heterocycles. The summed E-state index contributed by atoms with van der Waals surface area (Å²) in [6.45, 7) is 0.311. The van der Waals surface area contributed by atoms with Crippen LogP contribution >= 0.6 is 0 Å². The Morgan fingerprint density at radius 2 is 1.90 bits per heavy atom. The lowest BCUT2D eigenvalue weighted by Gasteiger charge is -2.12. The number of nitriles is 1. The highest BCUT2D eigenvalue weighted by atomic mass is 16.5. The molecule has 0 saturated heterocycles. The van der Waals surface area contributed by atoms with E-state index in [0.717, 1.165) is 5.56 Å². The van der Waals surface area contributed by atoms with Crippen LogP contribution in [-0.4, -0.2) is 36.9 Å². The van der Waals surface area contributed by atoms with Gasteiger partial charge >= 0.3 is 0 Å². The second kappa shape index (κ2) is 10.4. The topological polar surface area (TPSA) is 112 Å². The SMILES string of the molecule is COc1cccc(CCNC(=O)/C(C#N)=C/C=C/c2cc(O)cc(O)c2)c1OC. The maximum Gasteiger partial charge on any atom is 0.261 e. The fraction of sp³-hybridized carbons (Fsp3) is 0.182. The number of benzene rings is 2. The highest BCUT2D eigenvalue weighted by Gasteiger charge is 2.11. The van der Waals surface area contributed by atoms with Gasteiger partial charge in [-0.2, -0.15) is 5.26 Å². The van der Waals surface area contributed by atoms with Gasteiger partial charge in [0.1, 0.15) is 23.1 Å². The van der Waals surface area contributed by atoms with Crippen molar-refractivity contribution in [2.24, 2.45) is 0 Å². The second-order valence-electron chi connectivity index (χ2n) is 5.99. The standard InChI is InChI=1S/C22H22N2O5/c1-28-20-8-4-6-16(21(20)29-2)9-10-24-22(27)17(14-23)7-3-5-15-11-18(25)13-19(26)12-15/h3-8,11-13,25-26H,9-10H2,1-2H3,(H,24,27)/b5-3+,17-7+. The van der Waals surface area contributed by atoms with Crippen LogP contribution in [0.2, 0.25) is 0 Å². The molecule has 2 aromatic carbocycles. The van der Waals surface area contributed by atoms with Crippen molar-refractivity contribution in [2.75, 3.05) is 20.8 Å². The highest BCUT2D eigenvalue weighted by Crippen LogP contribution is 2.30. The maximum absolute atomic E-state index is 12.2. The minimum atomic E-state index is -0.502. The van der Waals surface area contributed by atoms with Gasteiger partial charge in [-0.3, -0.25) is 4.79 Å². The van der Waals surface area contributed by atoms with Gasteiger partial charge in [0.15, 0.2) is 11.5 Å². The van der Waals surface area contributed by atoms with Gasteiger partial charge in [-0.25, -0.2) is 0 Å². The number of rotatable bonds is 8. The highest BCUT2D eigenvalue weighted by molar-refractivity contribution is 5.97. The first-order valence-corrected chi connectivity index (χ1v) is 8.78. The number of aromatic hydroxyl groups is 2. The van der Waals surface area contributed by atoms with Gasteiger partial charge in [0.2, 0.25) is 0 Å². The molecule has 0 aliphatic rings. The third-order valence-electron chi connectivity index (χ3n) is 4.01. The van der Waals surface area contributed by atoms with E-state index in [2.05, 4.69) is 5.32 Å². The fourth-order valence-corrected chi connectivity index (χ4v) is 2.69. The van der Waals surface area contributed by atoms with E-state index in [1.54, 1.807) is 26.4 Å². The molecule has 2 aromatic rings. The number of phenolic OH excluding ortho intramolecular Hbond substituents is 2. The van der Waals surface area contributed by atoms with Crippen LogP contribution in [0.25, 0.3) is 6.08 Å². The number of amides is 1. The maximum atomic E-state index is 12.2. The molecule has 1 amide bonds. The molecule has 3 N–H and O–H groups in total. The van der Waals surface area contributed by atoms with Gasteiger partial charge in [-0.05, 0) is 41.8 Å². The van der Waals surface area contributed by atoms with Crippen LogP contribution in [0.4, 0.5) is 0 Å². The normalized spacial score (nSPS) is 11.1. The van der Waals surface area contributed by atoms with Crippen molar-refractivity contribution in [2.45, 2.75) is 6.42 Å². The monoisotopic (exact) mass is 394 g/mol. The molecule has 0 unspecified atom stereocenters. The third-order valence-corrected chi connectivity index (χ3v) is 4.01. The molecule has 29 heavy (non-hydrogen) atoms. The van der Waals surface area contributed by atoms with E-state index in [-0.39, 0.29) is 17.1 Å². The molecule has 0 bridgehead atoms. The van der Waals surface area contributed by atoms with Crippen LogP contribution in [-0.2, 0) is 11.2 Å². The summed E-state index contributed by atoms with van der Waals surface area (Å²) in [5.41, 5.74) is 1.34. The molecule has 7 nitrogen and oxygen atoms in total. The smallest absolute Gasteiger partial charge is 0.261 e. The molecular weight excluding hydrogens is 372 g/mol. The van der Waals surface area contributed by atoms with Crippen molar-refractivity contribution in [3.63, 3.8) is 0 Å². The Bertz CT molecular complexity index is 953. The summed E-state index contributed by atoms with van der Waals surface area (Å²) >= 11 is 0. The van der Waals surface area contributed by atoms with E-state index < -0.39 is 5.91 Å². The number of hydrogen-bond acceptors (Lipinski definition) is 6. The van der Waals surface area contributed by atoms with E-state index in [0.29, 0.717) is 30.0 Å². The number of methoxy groups -OCH3 is 2. The summed E-state index contributed by atoms with van der Waals surface area (Å²) in [6, 6.07) is 11.4. The Balaban J connectivity index is 1.99. The van der Waals surface area contributed by atoms with Gasteiger partial charge in [0, 0.05) is 12.6 Å². The third kappa shape index (κ3) is 6.04. The van der Waals surface area contributed by atoms with Crippen LogP contribution in [0.5, 0.6) is 23.0 Å². The molecule has 150 valence electrons. The molecule has 2 rings (SSSR count). The van der Waals surface area contributed by atoms with Gasteiger partial charge in [-0.15, -0.1) is 0 Å².